The number of hydrogen-bond donors (Lipinski definition) is 2. The van der Waals surface area contributed by atoms with E-state index in [0.29, 0.717) is 39.0 Å². The summed E-state index contributed by atoms with van der Waals surface area (Å²) >= 11 is 0. The lowest BCUT2D eigenvalue weighted by Gasteiger charge is -2.41. The molecule has 6 nitrogen and oxygen atoms in total. The number of carbonyl (C=O) groups excluding carboxylic acids is 1. The van der Waals surface area contributed by atoms with Crippen LogP contribution in [-0.4, -0.2) is 53.8 Å². The van der Waals surface area contributed by atoms with Crippen LogP contribution in [0.3, 0.4) is 0 Å². The van der Waals surface area contributed by atoms with E-state index >= 15 is 0 Å². The molecule has 2 aliphatic heterocycles. The maximum Gasteiger partial charge on any atom is 0.317 e. The molecule has 2 N–H and O–H groups in total. The lowest BCUT2D eigenvalue weighted by atomic mass is 9.76. The maximum atomic E-state index is 12.4. The maximum absolute atomic E-state index is 12.4. The summed E-state index contributed by atoms with van der Waals surface area (Å²) in [6.07, 6.45) is 3.54. The molecule has 2 heterocycles. The average Bonchev–Trinajstić information content (AvgIpc) is 2.47. The molecule has 0 radical (unpaired) electrons. The van der Waals surface area contributed by atoms with E-state index in [1.807, 2.05) is 13.8 Å². The van der Waals surface area contributed by atoms with Gasteiger partial charge in [-0.15, -0.1) is 0 Å². The Labute approximate surface area is 125 Å². The van der Waals surface area contributed by atoms with Crippen molar-refractivity contribution in [2.45, 2.75) is 51.5 Å². The Hall–Kier alpha value is -1.30. The number of likely N-dealkylation sites (tertiary alicyclic amines) is 1. The van der Waals surface area contributed by atoms with E-state index in [1.165, 1.54) is 0 Å². The van der Waals surface area contributed by atoms with Crippen LogP contribution >= 0.6 is 0 Å². The van der Waals surface area contributed by atoms with Crippen LogP contribution in [0.4, 0.5) is 4.79 Å². The zero-order valence-electron chi connectivity index (χ0n) is 13.0. The van der Waals surface area contributed by atoms with Gasteiger partial charge in [0.1, 0.15) is 0 Å². The van der Waals surface area contributed by atoms with Crippen molar-refractivity contribution in [1.82, 2.24) is 10.2 Å². The third-order valence-electron chi connectivity index (χ3n) is 4.98. The summed E-state index contributed by atoms with van der Waals surface area (Å²) in [5, 5.41) is 12.4. The minimum atomic E-state index is -0.738. The van der Waals surface area contributed by atoms with E-state index in [4.69, 9.17) is 4.74 Å². The van der Waals surface area contributed by atoms with Crippen LogP contribution in [0.15, 0.2) is 0 Å². The van der Waals surface area contributed by atoms with Crippen molar-refractivity contribution >= 4 is 12.0 Å². The molecule has 120 valence electrons. The summed E-state index contributed by atoms with van der Waals surface area (Å²) in [6, 6.07) is -0.0990. The van der Waals surface area contributed by atoms with E-state index in [2.05, 4.69) is 5.32 Å². The predicted molar refractivity (Wildman–Crippen MR) is 78.2 cm³/mol. The van der Waals surface area contributed by atoms with Gasteiger partial charge in [0.05, 0.1) is 17.6 Å². The number of nitrogens with one attached hydrogen (secondary N) is 1. The number of rotatable bonds is 3. The summed E-state index contributed by atoms with van der Waals surface area (Å²) in [5.41, 5.74) is -0.962. The number of carbonyl (C=O) groups is 2. The Kier molecular flexibility index (Phi) is 4.76. The Bertz CT molecular complexity index is 396. The Morgan fingerprint density at radius 3 is 2.43 bits per heavy atom. The molecule has 2 rings (SSSR count). The number of carboxylic acid groups (broad SMARTS) is 1. The molecule has 2 aliphatic rings. The number of amides is 2. The minimum absolute atomic E-state index is 0.0990. The van der Waals surface area contributed by atoms with Crippen molar-refractivity contribution < 1.29 is 19.4 Å². The van der Waals surface area contributed by atoms with Crippen LogP contribution in [0.1, 0.15) is 46.0 Å². The second-order valence-corrected chi connectivity index (χ2v) is 6.57. The average molecular weight is 298 g/mol. The first-order valence-corrected chi connectivity index (χ1v) is 7.79. The topological polar surface area (TPSA) is 78.9 Å². The number of aliphatic carboxylic acids is 1. The Balaban J connectivity index is 1.89. The Morgan fingerprint density at radius 2 is 1.95 bits per heavy atom. The van der Waals surface area contributed by atoms with Gasteiger partial charge in [0.25, 0.3) is 0 Å². The molecule has 21 heavy (non-hydrogen) atoms. The molecule has 0 aliphatic carbocycles. The predicted octanol–water partition coefficient (Wildman–Crippen LogP) is 1.84. The fourth-order valence-electron chi connectivity index (χ4n) is 3.23. The van der Waals surface area contributed by atoms with Crippen molar-refractivity contribution in [3.05, 3.63) is 0 Å². The number of hydrogen-bond acceptors (Lipinski definition) is 3. The minimum Gasteiger partial charge on any atom is -0.481 e. The van der Waals surface area contributed by atoms with Gasteiger partial charge in [-0.2, -0.15) is 0 Å². The fourth-order valence-corrected chi connectivity index (χ4v) is 3.23. The van der Waals surface area contributed by atoms with Gasteiger partial charge in [-0.05, 0) is 39.0 Å². The first-order chi connectivity index (χ1) is 9.91. The van der Waals surface area contributed by atoms with Gasteiger partial charge in [0, 0.05) is 19.7 Å². The van der Waals surface area contributed by atoms with E-state index in [9.17, 15) is 14.7 Å². The van der Waals surface area contributed by atoms with Gasteiger partial charge in [0.15, 0.2) is 0 Å². The molecule has 2 fully saturated rings. The van der Waals surface area contributed by atoms with E-state index in [0.717, 1.165) is 19.4 Å². The molecule has 2 amide bonds. The lowest BCUT2D eigenvalue weighted by Crippen LogP contribution is -2.57. The van der Waals surface area contributed by atoms with Gasteiger partial charge in [0.2, 0.25) is 0 Å². The molecule has 1 atom stereocenters. The molecule has 0 bridgehead atoms. The zero-order valence-corrected chi connectivity index (χ0v) is 13.0. The summed E-state index contributed by atoms with van der Waals surface area (Å²) in [5.74, 6) is -0.738. The zero-order chi connectivity index (χ0) is 15.5. The second-order valence-electron chi connectivity index (χ2n) is 6.57. The highest BCUT2D eigenvalue weighted by Gasteiger charge is 2.41. The summed E-state index contributed by atoms with van der Waals surface area (Å²) in [7, 11) is 0. The molecule has 2 saturated heterocycles. The van der Waals surface area contributed by atoms with Crippen LogP contribution in [0.5, 0.6) is 0 Å². The quantitative estimate of drug-likeness (QED) is 0.833. The number of nitrogens with zero attached hydrogens (tertiary/aromatic N) is 1. The van der Waals surface area contributed by atoms with Crippen molar-refractivity contribution in [3.63, 3.8) is 0 Å². The number of ether oxygens (including phenoxy) is 1. The van der Waals surface area contributed by atoms with E-state index < -0.39 is 11.4 Å². The highest BCUT2D eigenvalue weighted by Crippen LogP contribution is 2.35. The first kappa shape index (κ1) is 16.1. The van der Waals surface area contributed by atoms with Gasteiger partial charge < -0.3 is 20.1 Å². The van der Waals surface area contributed by atoms with E-state index in [-0.39, 0.29) is 11.6 Å². The molecule has 0 aromatic heterocycles. The van der Waals surface area contributed by atoms with Crippen molar-refractivity contribution in [2.75, 3.05) is 26.3 Å². The molecular weight excluding hydrogens is 272 g/mol. The largest absolute Gasteiger partial charge is 0.481 e. The number of carboxylic acids is 1. The summed E-state index contributed by atoms with van der Waals surface area (Å²) in [4.78, 5) is 25.5. The number of urea groups is 1. The van der Waals surface area contributed by atoms with Gasteiger partial charge >= 0.3 is 12.0 Å². The van der Waals surface area contributed by atoms with Crippen LogP contribution in [0, 0.1) is 5.41 Å². The van der Waals surface area contributed by atoms with Crippen molar-refractivity contribution in [2.24, 2.45) is 5.41 Å². The van der Waals surface area contributed by atoms with Gasteiger partial charge in [-0.25, -0.2) is 4.79 Å². The van der Waals surface area contributed by atoms with Gasteiger partial charge in [-0.3, -0.25) is 4.79 Å². The van der Waals surface area contributed by atoms with E-state index in [1.54, 1.807) is 4.90 Å². The lowest BCUT2D eigenvalue weighted by molar-refractivity contribution is -0.152. The molecule has 6 heteroatoms. The van der Waals surface area contributed by atoms with Crippen molar-refractivity contribution in [3.8, 4) is 0 Å². The first-order valence-electron chi connectivity index (χ1n) is 7.79. The highest BCUT2D eigenvalue weighted by molar-refractivity contribution is 5.77. The molecule has 0 saturated carbocycles. The Morgan fingerprint density at radius 1 is 1.29 bits per heavy atom. The van der Waals surface area contributed by atoms with Crippen LogP contribution in [0.2, 0.25) is 0 Å². The third-order valence-corrected chi connectivity index (χ3v) is 4.98. The second kappa shape index (κ2) is 6.22. The molecule has 0 aromatic rings. The highest BCUT2D eigenvalue weighted by atomic mass is 16.5. The molecular formula is C15H26N2O4. The molecule has 0 aromatic carbocycles. The monoisotopic (exact) mass is 298 g/mol. The SMILES string of the molecule is CCC1(C(=O)O)CCN(C(=O)NC2(C)CCCOC2)CC1. The number of piperidine rings is 1. The van der Waals surface area contributed by atoms with Gasteiger partial charge in [-0.1, -0.05) is 6.92 Å². The van der Waals surface area contributed by atoms with Crippen LogP contribution in [-0.2, 0) is 9.53 Å². The van der Waals surface area contributed by atoms with Crippen LogP contribution < -0.4 is 5.32 Å². The molecule has 1 unspecified atom stereocenters. The fraction of sp³-hybridized carbons (Fsp3) is 0.867. The van der Waals surface area contributed by atoms with Crippen molar-refractivity contribution in [1.29, 1.82) is 0 Å². The summed E-state index contributed by atoms with van der Waals surface area (Å²) < 4.78 is 5.44. The molecule has 0 spiro atoms. The smallest absolute Gasteiger partial charge is 0.317 e. The van der Waals surface area contributed by atoms with Crippen LogP contribution in [0.25, 0.3) is 0 Å². The normalized spacial score (nSPS) is 29.0. The summed E-state index contributed by atoms with van der Waals surface area (Å²) in [6.45, 7) is 6.21. The standard InChI is InChI=1S/C15H26N2O4/c1-3-15(12(18)19)6-8-17(9-7-15)13(20)16-14(2)5-4-10-21-11-14/h3-11H2,1-2H3,(H,16,20)(H,18,19). The third kappa shape index (κ3) is 3.48.